The molecule has 0 aliphatic heterocycles. The molecule has 0 saturated heterocycles. The van der Waals surface area contributed by atoms with E-state index in [0.717, 1.165) is 5.39 Å². The van der Waals surface area contributed by atoms with Crippen molar-refractivity contribution in [2.75, 3.05) is 9.42 Å². The van der Waals surface area contributed by atoms with Crippen LogP contribution in [0.2, 0.25) is 0 Å². The van der Waals surface area contributed by atoms with Gasteiger partial charge in [0.15, 0.2) is 0 Å². The van der Waals surface area contributed by atoms with Crippen LogP contribution in [0.1, 0.15) is 0 Å². The number of hydrogen-bond acceptors (Lipinski definition) is 4. The maximum atomic E-state index is 12.7. The first-order chi connectivity index (χ1) is 14.4. The summed E-state index contributed by atoms with van der Waals surface area (Å²) < 4.78 is 35.7. The highest BCUT2D eigenvalue weighted by Gasteiger charge is 2.34. The summed E-state index contributed by atoms with van der Waals surface area (Å²) in [6, 6.07) is 22.6. The highest BCUT2D eigenvalue weighted by molar-refractivity contribution is 7.87. The molecule has 0 heterocycles. The summed E-state index contributed by atoms with van der Waals surface area (Å²) in [4.78, 5) is 12.7. The molecule has 0 aliphatic rings. The molecule has 30 heavy (non-hydrogen) atoms. The number of hydrogen-bond donors (Lipinski definition) is 2. The number of nitrogens with zero attached hydrogens (tertiary/aromatic N) is 3. The molecule has 0 bridgehead atoms. The third-order valence-corrected chi connectivity index (χ3v) is 5.44. The first-order valence-corrected chi connectivity index (χ1v) is 10.3. The van der Waals surface area contributed by atoms with E-state index in [0.29, 0.717) is 25.6 Å². The van der Waals surface area contributed by atoms with Crippen LogP contribution < -0.4 is 9.42 Å². The van der Waals surface area contributed by atoms with Gasteiger partial charge in [-0.15, -0.1) is 4.41 Å². The second kappa shape index (κ2) is 7.54. The van der Waals surface area contributed by atoms with Crippen LogP contribution in [0, 0.1) is 5.53 Å². The van der Waals surface area contributed by atoms with Gasteiger partial charge in [0.2, 0.25) is 0 Å². The Morgan fingerprint density at radius 1 is 0.767 bits per heavy atom. The molecule has 4 aromatic carbocycles. The topological polar surface area (TPSA) is 114 Å². The standard InChI is InChI=1S/C21H16N4O4S/c22-23-21(26)24(19-13-5-9-15-7-1-3-11-17(15)19)25(30(27,28)29)20-14-6-10-16-8-2-4-12-18(16)20/h1-14,22H,(H,27,28,29). The van der Waals surface area contributed by atoms with Gasteiger partial charge in [-0.3, -0.25) is 4.55 Å². The summed E-state index contributed by atoms with van der Waals surface area (Å²) >= 11 is 0. The number of anilines is 2. The number of rotatable bonds is 4. The highest BCUT2D eigenvalue weighted by atomic mass is 32.2. The molecule has 0 aliphatic carbocycles. The normalized spacial score (nSPS) is 11.4. The quantitative estimate of drug-likeness (QED) is 0.269. The number of fused-ring (bicyclic) bond motifs is 2. The SMILES string of the molecule is N=NC(=O)N(c1cccc2ccccc12)N(c1cccc2ccccc12)S(=O)(=O)O. The van der Waals surface area contributed by atoms with Crippen LogP contribution in [0.25, 0.3) is 21.5 Å². The van der Waals surface area contributed by atoms with Crippen molar-refractivity contribution >= 4 is 49.3 Å². The Balaban J connectivity index is 2.06. The molecule has 2 N–H and O–H groups in total. The lowest BCUT2D eigenvalue weighted by Crippen LogP contribution is -2.49. The first kappa shape index (κ1) is 19.5. The Morgan fingerprint density at radius 3 is 1.77 bits per heavy atom. The molecule has 0 aromatic heterocycles. The number of amides is 2. The fourth-order valence-electron chi connectivity index (χ4n) is 3.43. The summed E-state index contributed by atoms with van der Waals surface area (Å²) in [6.45, 7) is 0. The van der Waals surface area contributed by atoms with E-state index in [1.54, 1.807) is 72.8 Å². The van der Waals surface area contributed by atoms with Crippen LogP contribution in [0.3, 0.4) is 0 Å². The molecule has 150 valence electrons. The number of urea groups is 1. The van der Waals surface area contributed by atoms with Crippen LogP contribution in [0.15, 0.2) is 90.0 Å². The van der Waals surface area contributed by atoms with Crippen LogP contribution in [0.5, 0.6) is 0 Å². The minimum Gasteiger partial charge on any atom is -0.268 e. The van der Waals surface area contributed by atoms with E-state index in [1.165, 1.54) is 12.1 Å². The molecule has 0 radical (unpaired) electrons. The van der Waals surface area contributed by atoms with E-state index in [-0.39, 0.29) is 11.4 Å². The van der Waals surface area contributed by atoms with E-state index >= 15 is 0 Å². The Hall–Kier alpha value is -3.82. The maximum Gasteiger partial charge on any atom is 0.386 e. The van der Waals surface area contributed by atoms with Gasteiger partial charge < -0.3 is 0 Å². The smallest absolute Gasteiger partial charge is 0.268 e. The molecule has 0 saturated carbocycles. The lowest BCUT2D eigenvalue weighted by Gasteiger charge is -2.32. The predicted molar refractivity (Wildman–Crippen MR) is 115 cm³/mol. The molecule has 0 fully saturated rings. The molecule has 2 amide bonds. The minimum absolute atomic E-state index is 0.0422. The third kappa shape index (κ3) is 3.36. The highest BCUT2D eigenvalue weighted by Crippen LogP contribution is 2.35. The van der Waals surface area contributed by atoms with Gasteiger partial charge in [-0.2, -0.15) is 19.0 Å². The molecule has 9 heteroatoms. The van der Waals surface area contributed by atoms with Crippen LogP contribution in [-0.4, -0.2) is 19.0 Å². The van der Waals surface area contributed by atoms with Crippen LogP contribution in [0.4, 0.5) is 16.2 Å². The molecular formula is C21H16N4O4S. The van der Waals surface area contributed by atoms with Gasteiger partial charge in [0.25, 0.3) is 0 Å². The van der Waals surface area contributed by atoms with Gasteiger partial charge >= 0.3 is 16.3 Å². The average Bonchev–Trinajstić information content (AvgIpc) is 2.75. The van der Waals surface area contributed by atoms with Crippen molar-refractivity contribution in [3.8, 4) is 0 Å². The summed E-state index contributed by atoms with van der Waals surface area (Å²) in [5, 5.41) is 6.10. The lowest BCUT2D eigenvalue weighted by molar-refractivity contribution is 0.252. The van der Waals surface area contributed by atoms with Gasteiger partial charge in [0, 0.05) is 10.8 Å². The molecule has 0 unspecified atom stereocenters. The largest absolute Gasteiger partial charge is 0.386 e. The first-order valence-electron chi connectivity index (χ1n) is 8.86. The second-order valence-corrected chi connectivity index (χ2v) is 7.67. The molecule has 0 spiro atoms. The molecule has 4 rings (SSSR count). The number of carbonyl (C=O) groups is 1. The zero-order chi connectivity index (χ0) is 21.3. The molecule has 4 aromatic rings. The number of benzene rings is 4. The summed E-state index contributed by atoms with van der Waals surface area (Å²) in [5.41, 5.74) is 7.45. The zero-order valence-electron chi connectivity index (χ0n) is 15.5. The monoisotopic (exact) mass is 420 g/mol. The van der Waals surface area contributed by atoms with Crippen molar-refractivity contribution in [2.45, 2.75) is 0 Å². The van der Waals surface area contributed by atoms with Gasteiger partial charge in [0.05, 0.1) is 11.4 Å². The van der Waals surface area contributed by atoms with Crippen LogP contribution in [-0.2, 0) is 10.3 Å². The Morgan fingerprint density at radius 2 is 1.23 bits per heavy atom. The van der Waals surface area contributed by atoms with E-state index in [4.69, 9.17) is 5.53 Å². The van der Waals surface area contributed by atoms with E-state index < -0.39 is 16.3 Å². The van der Waals surface area contributed by atoms with Gasteiger partial charge in [-0.05, 0) is 22.9 Å². The molecule has 8 nitrogen and oxygen atoms in total. The van der Waals surface area contributed by atoms with Crippen molar-refractivity contribution < 1.29 is 17.8 Å². The number of carbonyl (C=O) groups excluding carboxylic acids is 1. The van der Waals surface area contributed by atoms with Crippen molar-refractivity contribution in [1.82, 2.24) is 0 Å². The maximum absolute atomic E-state index is 12.7. The van der Waals surface area contributed by atoms with Crippen molar-refractivity contribution in [2.24, 2.45) is 5.11 Å². The summed E-state index contributed by atoms with van der Waals surface area (Å²) in [6.07, 6.45) is 0. The van der Waals surface area contributed by atoms with E-state index in [1.807, 2.05) is 0 Å². The zero-order valence-corrected chi connectivity index (χ0v) is 16.3. The van der Waals surface area contributed by atoms with Crippen LogP contribution >= 0.6 is 0 Å². The number of hydrazine groups is 1. The fourth-order valence-corrected chi connectivity index (χ4v) is 4.20. The van der Waals surface area contributed by atoms with Gasteiger partial charge in [-0.25, -0.2) is 4.79 Å². The molecule has 0 atom stereocenters. The summed E-state index contributed by atoms with van der Waals surface area (Å²) in [7, 11) is -4.99. The lowest BCUT2D eigenvalue weighted by atomic mass is 10.1. The van der Waals surface area contributed by atoms with E-state index in [2.05, 4.69) is 5.11 Å². The Labute approximate surface area is 172 Å². The third-order valence-electron chi connectivity index (χ3n) is 4.64. The minimum atomic E-state index is -4.99. The van der Waals surface area contributed by atoms with Crippen molar-refractivity contribution in [1.29, 1.82) is 5.53 Å². The van der Waals surface area contributed by atoms with E-state index in [9.17, 15) is 17.8 Å². The number of nitrogens with one attached hydrogen (secondary N) is 1. The second-order valence-electron chi connectivity index (χ2n) is 6.42. The van der Waals surface area contributed by atoms with Crippen molar-refractivity contribution in [3.63, 3.8) is 0 Å². The fraction of sp³-hybridized carbons (Fsp3) is 0. The van der Waals surface area contributed by atoms with Crippen molar-refractivity contribution in [3.05, 3.63) is 84.9 Å². The van der Waals surface area contributed by atoms with Gasteiger partial charge in [-0.1, -0.05) is 77.9 Å². The average molecular weight is 420 g/mol. The Bertz CT molecular complexity index is 1380. The Kier molecular flexibility index (Phi) is 4.90. The summed E-state index contributed by atoms with van der Waals surface area (Å²) in [5.74, 6) is 0. The van der Waals surface area contributed by atoms with Gasteiger partial charge in [0.1, 0.15) is 0 Å². The predicted octanol–water partition coefficient (Wildman–Crippen LogP) is 5.17. The molecular weight excluding hydrogens is 404 g/mol.